The quantitative estimate of drug-likeness (QED) is 0.808. The van der Waals surface area contributed by atoms with Crippen LogP contribution >= 0.6 is 0 Å². The molecule has 1 rings (SSSR count). The van der Waals surface area contributed by atoms with Crippen molar-refractivity contribution < 1.29 is 9.47 Å². The summed E-state index contributed by atoms with van der Waals surface area (Å²) in [5.74, 6) is 2.12. The van der Waals surface area contributed by atoms with Crippen molar-refractivity contribution in [3.8, 4) is 11.5 Å². The summed E-state index contributed by atoms with van der Waals surface area (Å²) < 4.78 is 10.8. The highest BCUT2D eigenvalue weighted by atomic mass is 16.5. The summed E-state index contributed by atoms with van der Waals surface area (Å²) in [6.45, 7) is 5.40. The van der Waals surface area contributed by atoms with Crippen LogP contribution in [0.15, 0.2) is 18.2 Å². The van der Waals surface area contributed by atoms with Gasteiger partial charge in [0.15, 0.2) is 0 Å². The molecule has 0 fully saturated rings. The fourth-order valence-electron chi connectivity index (χ4n) is 1.22. The van der Waals surface area contributed by atoms with E-state index >= 15 is 0 Å². The second-order valence-corrected chi connectivity index (χ2v) is 3.88. The van der Waals surface area contributed by atoms with E-state index in [-0.39, 0.29) is 0 Å². The fourth-order valence-corrected chi connectivity index (χ4v) is 1.22. The average Bonchev–Trinajstić information content (AvgIpc) is 2.25. The molecule has 1 aromatic rings. The van der Waals surface area contributed by atoms with Crippen LogP contribution < -0.4 is 15.2 Å². The van der Waals surface area contributed by atoms with Crippen molar-refractivity contribution in [3.63, 3.8) is 0 Å². The van der Waals surface area contributed by atoms with Gasteiger partial charge in [0.05, 0.1) is 13.7 Å². The van der Waals surface area contributed by atoms with Gasteiger partial charge in [0.2, 0.25) is 0 Å². The lowest BCUT2D eigenvalue weighted by Gasteiger charge is -2.13. The average molecular weight is 209 g/mol. The van der Waals surface area contributed by atoms with Crippen molar-refractivity contribution in [3.05, 3.63) is 23.8 Å². The minimum absolute atomic E-state index is 0.484. The largest absolute Gasteiger partial charge is 0.497 e. The molecule has 3 heteroatoms. The zero-order valence-electron chi connectivity index (χ0n) is 9.62. The van der Waals surface area contributed by atoms with Gasteiger partial charge in [-0.2, -0.15) is 0 Å². The second kappa shape index (κ2) is 5.61. The van der Waals surface area contributed by atoms with Crippen molar-refractivity contribution >= 4 is 0 Å². The van der Waals surface area contributed by atoms with Gasteiger partial charge in [-0.05, 0) is 12.0 Å². The Labute approximate surface area is 91.2 Å². The zero-order valence-corrected chi connectivity index (χ0v) is 9.62. The monoisotopic (exact) mass is 209 g/mol. The Balaban J connectivity index is 2.81. The first-order valence-electron chi connectivity index (χ1n) is 5.17. The molecule has 0 aromatic heterocycles. The molecule has 0 heterocycles. The number of nitrogens with two attached hydrogens (primary N) is 1. The molecule has 0 spiro atoms. The minimum atomic E-state index is 0.484. The lowest BCUT2D eigenvalue weighted by molar-refractivity contribution is 0.267. The topological polar surface area (TPSA) is 44.5 Å². The Morgan fingerprint density at radius 1 is 1.33 bits per heavy atom. The van der Waals surface area contributed by atoms with Gasteiger partial charge in [0, 0.05) is 18.2 Å². The maximum atomic E-state index is 5.67. The van der Waals surface area contributed by atoms with Gasteiger partial charge >= 0.3 is 0 Å². The van der Waals surface area contributed by atoms with E-state index < -0.39 is 0 Å². The lowest BCUT2D eigenvalue weighted by Crippen LogP contribution is -2.08. The number of benzene rings is 1. The standard InChI is InChI=1S/C12H19NO2/c1-9(2)8-15-12-6-11(14-3)5-4-10(12)7-13/h4-6,9H,7-8,13H2,1-3H3. The molecule has 0 aliphatic heterocycles. The molecule has 0 unspecified atom stereocenters. The molecule has 2 N–H and O–H groups in total. The Hall–Kier alpha value is -1.22. The molecule has 0 amide bonds. The molecule has 3 nitrogen and oxygen atoms in total. The van der Waals surface area contributed by atoms with Crippen LogP contribution in [0.25, 0.3) is 0 Å². The third kappa shape index (κ3) is 3.44. The van der Waals surface area contributed by atoms with Gasteiger partial charge < -0.3 is 15.2 Å². The van der Waals surface area contributed by atoms with Crippen LogP contribution in [0.2, 0.25) is 0 Å². The van der Waals surface area contributed by atoms with E-state index in [1.807, 2.05) is 18.2 Å². The summed E-state index contributed by atoms with van der Waals surface area (Å²) in [7, 11) is 1.64. The third-order valence-electron chi connectivity index (χ3n) is 2.07. The number of hydrogen-bond donors (Lipinski definition) is 1. The molecule has 0 aliphatic rings. The number of ether oxygens (including phenoxy) is 2. The van der Waals surface area contributed by atoms with Gasteiger partial charge in [0.25, 0.3) is 0 Å². The second-order valence-electron chi connectivity index (χ2n) is 3.88. The van der Waals surface area contributed by atoms with Gasteiger partial charge in [-0.3, -0.25) is 0 Å². The molecule has 1 aromatic carbocycles. The normalized spacial score (nSPS) is 10.5. The van der Waals surface area contributed by atoms with Crippen LogP contribution in [0.4, 0.5) is 0 Å². The highest BCUT2D eigenvalue weighted by Crippen LogP contribution is 2.24. The van der Waals surface area contributed by atoms with Gasteiger partial charge in [-0.25, -0.2) is 0 Å². The maximum Gasteiger partial charge on any atom is 0.127 e. The van der Waals surface area contributed by atoms with Crippen LogP contribution in [0.3, 0.4) is 0 Å². The van der Waals surface area contributed by atoms with E-state index in [0.29, 0.717) is 19.1 Å². The van der Waals surface area contributed by atoms with Crippen LogP contribution in [-0.2, 0) is 6.54 Å². The summed E-state index contributed by atoms with van der Waals surface area (Å²) in [5, 5.41) is 0. The molecule has 0 radical (unpaired) electrons. The van der Waals surface area contributed by atoms with E-state index in [4.69, 9.17) is 15.2 Å². The summed E-state index contributed by atoms with van der Waals surface area (Å²) in [5.41, 5.74) is 6.64. The molecule has 0 atom stereocenters. The zero-order chi connectivity index (χ0) is 11.3. The van der Waals surface area contributed by atoms with Crippen LogP contribution in [0, 0.1) is 5.92 Å². The Kier molecular flexibility index (Phi) is 4.43. The fraction of sp³-hybridized carbons (Fsp3) is 0.500. The van der Waals surface area contributed by atoms with E-state index in [1.165, 1.54) is 0 Å². The Morgan fingerprint density at radius 2 is 2.07 bits per heavy atom. The predicted molar refractivity (Wildman–Crippen MR) is 61.2 cm³/mol. The summed E-state index contributed by atoms with van der Waals surface area (Å²) in [6.07, 6.45) is 0. The van der Waals surface area contributed by atoms with Crippen molar-refractivity contribution in [2.24, 2.45) is 11.7 Å². The lowest BCUT2D eigenvalue weighted by atomic mass is 10.2. The van der Waals surface area contributed by atoms with E-state index in [2.05, 4.69) is 13.8 Å². The highest BCUT2D eigenvalue weighted by Gasteiger charge is 2.05. The van der Waals surface area contributed by atoms with Crippen LogP contribution in [-0.4, -0.2) is 13.7 Å². The maximum absolute atomic E-state index is 5.67. The molecular weight excluding hydrogens is 190 g/mol. The van der Waals surface area contributed by atoms with Gasteiger partial charge in [0.1, 0.15) is 11.5 Å². The predicted octanol–water partition coefficient (Wildman–Crippen LogP) is 2.19. The molecule has 0 saturated carbocycles. The van der Waals surface area contributed by atoms with Crippen molar-refractivity contribution in [2.75, 3.05) is 13.7 Å². The summed E-state index contributed by atoms with van der Waals surface area (Å²) in [6, 6.07) is 5.71. The molecular formula is C12H19NO2. The van der Waals surface area contributed by atoms with Crippen molar-refractivity contribution in [1.82, 2.24) is 0 Å². The first kappa shape index (κ1) is 11.9. The first-order chi connectivity index (χ1) is 7.17. The van der Waals surface area contributed by atoms with E-state index in [0.717, 1.165) is 17.1 Å². The first-order valence-corrected chi connectivity index (χ1v) is 5.17. The van der Waals surface area contributed by atoms with Crippen LogP contribution in [0.5, 0.6) is 11.5 Å². The third-order valence-corrected chi connectivity index (χ3v) is 2.07. The van der Waals surface area contributed by atoms with Gasteiger partial charge in [-0.1, -0.05) is 19.9 Å². The van der Waals surface area contributed by atoms with E-state index in [9.17, 15) is 0 Å². The Morgan fingerprint density at radius 3 is 2.60 bits per heavy atom. The number of hydrogen-bond acceptors (Lipinski definition) is 3. The van der Waals surface area contributed by atoms with Gasteiger partial charge in [-0.15, -0.1) is 0 Å². The number of rotatable bonds is 5. The highest BCUT2D eigenvalue weighted by molar-refractivity contribution is 5.40. The molecule has 0 saturated heterocycles. The molecule has 0 aliphatic carbocycles. The SMILES string of the molecule is COc1ccc(CN)c(OCC(C)C)c1. The molecule has 84 valence electrons. The van der Waals surface area contributed by atoms with Crippen LogP contribution in [0.1, 0.15) is 19.4 Å². The summed E-state index contributed by atoms with van der Waals surface area (Å²) >= 11 is 0. The van der Waals surface area contributed by atoms with E-state index in [1.54, 1.807) is 7.11 Å². The minimum Gasteiger partial charge on any atom is -0.497 e. The van der Waals surface area contributed by atoms with Crippen molar-refractivity contribution in [2.45, 2.75) is 20.4 Å². The van der Waals surface area contributed by atoms with Crippen molar-refractivity contribution in [1.29, 1.82) is 0 Å². The smallest absolute Gasteiger partial charge is 0.127 e. The Bertz CT molecular complexity index is 310. The molecule has 15 heavy (non-hydrogen) atoms. The summed E-state index contributed by atoms with van der Waals surface area (Å²) in [4.78, 5) is 0. The number of methoxy groups -OCH3 is 1. The molecule has 0 bridgehead atoms.